The van der Waals surface area contributed by atoms with Crippen molar-refractivity contribution in [3.8, 4) is 5.75 Å². The molecule has 4 heteroatoms. The lowest BCUT2D eigenvalue weighted by Crippen LogP contribution is -2.43. The van der Waals surface area contributed by atoms with Gasteiger partial charge in [0.2, 0.25) is 0 Å². The lowest BCUT2D eigenvalue weighted by atomic mass is 9.97. The second kappa shape index (κ2) is 9.46. The number of unbranched alkanes of at least 4 members (excludes halogenated alkanes) is 1. The Morgan fingerprint density at radius 1 is 1.14 bits per heavy atom. The maximum absolute atomic E-state index is 12.6. The number of carbonyl (C=O) groups excluding carboxylic acids is 1. The molecule has 0 heterocycles. The summed E-state index contributed by atoms with van der Waals surface area (Å²) in [4.78, 5) is 12.6. The molecular weight excluding hydrogens is 278 g/mol. The molecule has 22 heavy (non-hydrogen) atoms. The first kappa shape index (κ1) is 18.5. The molecule has 0 radical (unpaired) electrons. The van der Waals surface area contributed by atoms with Crippen LogP contribution in [0.3, 0.4) is 0 Å². The highest BCUT2D eigenvalue weighted by Gasteiger charge is 2.33. The molecule has 0 saturated heterocycles. The van der Waals surface area contributed by atoms with Crippen LogP contribution in [0.1, 0.15) is 53.4 Å². The fourth-order valence-electron chi connectivity index (χ4n) is 2.16. The Labute approximate surface area is 134 Å². The van der Waals surface area contributed by atoms with E-state index in [4.69, 9.17) is 9.47 Å². The summed E-state index contributed by atoms with van der Waals surface area (Å²) in [7, 11) is 0. The van der Waals surface area contributed by atoms with Gasteiger partial charge in [-0.15, -0.1) is 0 Å². The molecule has 0 aromatic heterocycles. The van der Waals surface area contributed by atoms with Gasteiger partial charge in [0, 0.05) is 12.3 Å². The molecule has 1 N–H and O–H groups in total. The number of carbonyl (C=O) groups is 1. The van der Waals surface area contributed by atoms with E-state index in [2.05, 4.69) is 12.2 Å². The SMILES string of the molecule is CCCCC(C)(OCCC)C(=O)Nc1ccc(OCC)cc1. The Balaban J connectivity index is 2.72. The molecule has 4 nitrogen and oxygen atoms in total. The predicted octanol–water partition coefficient (Wildman–Crippen LogP) is 4.40. The average molecular weight is 307 g/mol. The summed E-state index contributed by atoms with van der Waals surface area (Å²) in [5, 5.41) is 2.95. The van der Waals surface area contributed by atoms with Gasteiger partial charge in [0.05, 0.1) is 6.61 Å². The largest absolute Gasteiger partial charge is 0.494 e. The normalized spacial score (nSPS) is 13.5. The number of ether oxygens (including phenoxy) is 2. The van der Waals surface area contributed by atoms with E-state index in [9.17, 15) is 4.79 Å². The zero-order valence-corrected chi connectivity index (χ0v) is 14.3. The molecule has 1 rings (SSSR count). The molecule has 0 aliphatic carbocycles. The summed E-state index contributed by atoms with van der Waals surface area (Å²) in [6.45, 7) is 9.21. The third-order valence-corrected chi connectivity index (χ3v) is 3.54. The van der Waals surface area contributed by atoms with Gasteiger partial charge in [-0.1, -0.05) is 26.7 Å². The van der Waals surface area contributed by atoms with E-state index < -0.39 is 5.60 Å². The molecule has 1 aromatic carbocycles. The maximum atomic E-state index is 12.6. The fraction of sp³-hybridized carbons (Fsp3) is 0.611. The first-order valence-corrected chi connectivity index (χ1v) is 8.24. The van der Waals surface area contributed by atoms with Crippen LogP contribution in [0.2, 0.25) is 0 Å². The number of nitrogens with one attached hydrogen (secondary N) is 1. The van der Waals surface area contributed by atoms with Crippen LogP contribution in [0, 0.1) is 0 Å². The number of anilines is 1. The van der Waals surface area contributed by atoms with Gasteiger partial charge in [-0.3, -0.25) is 4.79 Å². The van der Waals surface area contributed by atoms with Crippen molar-refractivity contribution in [3.05, 3.63) is 24.3 Å². The average Bonchev–Trinajstić information content (AvgIpc) is 2.53. The summed E-state index contributed by atoms with van der Waals surface area (Å²) in [6, 6.07) is 7.41. The van der Waals surface area contributed by atoms with E-state index in [1.54, 1.807) is 0 Å². The van der Waals surface area contributed by atoms with Crippen molar-refractivity contribution in [1.29, 1.82) is 0 Å². The number of hydrogen-bond donors (Lipinski definition) is 1. The third-order valence-electron chi connectivity index (χ3n) is 3.54. The second-order valence-corrected chi connectivity index (χ2v) is 5.59. The van der Waals surface area contributed by atoms with Gasteiger partial charge in [0.1, 0.15) is 11.4 Å². The Morgan fingerprint density at radius 2 is 1.82 bits per heavy atom. The molecule has 1 unspecified atom stereocenters. The van der Waals surface area contributed by atoms with Crippen molar-refractivity contribution >= 4 is 11.6 Å². The van der Waals surface area contributed by atoms with Crippen LogP contribution < -0.4 is 10.1 Å². The van der Waals surface area contributed by atoms with Crippen LogP contribution in [-0.4, -0.2) is 24.7 Å². The summed E-state index contributed by atoms with van der Waals surface area (Å²) < 4.78 is 11.2. The highest BCUT2D eigenvalue weighted by atomic mass is 16.5. The van der Waals surface area contributed by atoms with Gasteiger partial charge < -0.3 is 14.8 Å². The molecule has 0 bridgehead atoms. The van der Waals surface area contributed by atoms with Gasteiger partial charge >= 0.3 is 0 Å². The van der Waals surface area contributed by atoms with Crippen molar-refractivity contribution in [1.82, 2.24) is 0 Å². The maximum Gasteiger partial charge on any atom is 0.256 e. The molecule has 1 amide bonds. The van der Waals surface area contributed by atoms with E-state index in [1.807, 2.05) is 45.0 Å². The zero-order valence-electron chi connectivity index (χ0n) is 14.3. The Bertz CT molecular complexity index is 434. The first-order chi connectivity index (χ1) is 10.6. The molecule has 124 valence electrons. The van der Waals surface area contributed by atoms with Crippen molar-refractivity contribution in [2.24, 2.45) is 0 Å². The number of benzene rings is 1. The highest BCUT2D eigenvalue weighted by molar-refractivity contribution is 5.97. The minimum atomic E-state index is -0.773. The third kappa shape index (κ3) is 5.68. The minimum absolute atomic E-state index is 0.0847. The van der Waals surface area contributed by atoms with E-state index >= 15 is 0 Å². The molecule has 0 fully saturated rings. The van der Waals surface area contributed by atoms with Gasteiger partial charge in [-0.25, -0.2) is 0 Å². The summed E-state index contributed by atoms with van der Waals surface area (Å²) in [5.41, 5.74) is -0.0128. The summed E-state index contributed by atoms with van der Waals surface area (Å²) in [5.74, 6) is 0.718. The molecule has 0 spiro atoms. The lowest BCUT2D eigenvalue weighted by molar-refractivity contribution is -0.140. The van der Waals surface area contributed by atoms with Gasteiger partial charge in [0.25, 0.3) is 5.91 Å². The van der Waals surface area contributed by atoms with Crippen LogP contribution >= 0.6 is 0 Å². The van der Waals surface area contributed by atoms with E-state index in [1.165, 1.54) is 0 Å². The van der Waals surface area contributed by atoms with Crippen molar-refractivity contribution in [3.63, 3.8) is 0 Å². The Morgan fingerprint density at radius 3 is 2.36 bits per heavy atom. The van der Waals surface area contributed by atoms with E-state index in [0.717, 1.165) is 37.1 Å². The zero-order chi connectivity index (χ0) is 16.4. The van der Waals surface area contributed by atoms with Crippen LogP contribution in [0.25, 0.3) is 0 Å². The smallest absolute Gasteiger partial charge is 0.256 e. The Kier molecular flexibility index (Phi) is 7.96. The number of rotatable bonds is 10. The highest BCUT2D eigenvalue weighted by Crippen LogP contribution is 2.23. The predicted molar refractivity (Wildman–Crippen MR) is 90.4 cm³/mol. The van der Waals surface area contributed by atoms with Crippen molar-refractivity contribution < 1.29 is 14.3 Å². The topological polar surface area (TPSA) is 47.6 Å². The van der Waals surface area contributed by atoms with Crippen LogP contribution in [0.4, 0.5) is 5.69 Å². The monoisotopic (exact) mass is 307 g/mol. The van der Waals surface area contributed by atoms with Crippen molar-refractivity contribution in [2.45, 2.75) is 59.0 Å². The van der Waals surface area contributed by atoms with E-state index in [0.29, 0.717) is 13.2 Å². The van der Waals surface area contributed by atoms with Gasteiger partial charge in [-0.05, 0) is 51.0 Å². The van der Waals surface area contributed by atoms with E-state index in [-0.39, 0.29) is 5.91 Å². The number of amides is 1. The van der Waals surface area contributed by atoms with Crippen LogP contribution in [0.5, 0.6) is 5.75 Å². The van der Waals surface area contributed by atoms with Gasteiger partial charge in [-0.2, -0.15) is 0 Å². The second-order valence-electron chi connectivity index (χ2n) is 5.59. The fourth-order valence-corrected chi connectivity index (χ4v) is 2.16. The molecule has 0 saturated carbocycles. The standard InChI is InChI=1S/C18H29NO3/c1-5-8-13-18(4,22-14-6-2)17(20)19-15-9-11-16(12-10-15)21-7-3/h9-12H,5-8,13-14H2,1-4H3,(H,19,20). The molecule has 0 aliphatic rings. The van der Waals surface area contributed by atoms with Crippen LogP contribution in [-0.2, 0) is 9.53 Å². The minimum Gasteiger partial charge on any atom is -0.494 e. The molecule has 0 aliphatic heterocycles. The van der Waals surface area contributed by atoms with Crippen molar-refractivity contribution in [2.75, 3.05) is 18.5 Å². The van der Waals surface area contributed by atoms with Gasteiger partial charge in [0.15, 0.2) is 0 Å². The molecule has 1 aromatic rings. The Hall–Kier alpha value is -1.55. The number of hydrogen-bond acceptors (Lipinski definition) is 3. The lowest BCUT2D eigenvalue weighted by Gasteiger charge is -2.28. The molecule has 1 atom stereocenters. The molecular formula is C18H29NO3. The van der Waals surface area contributed by atoms with Crippen LogP contribution in [0.15, 0.2) is 24.3 Å². The summed E-state index contributed by atoms with van der Waals surface area (Å²) >= 11 is 0. The quantitative estimate of drug-likeness (QED) is 0.697. The first-order valence-electron chi connectivity index (χ1n) is 8.24. The summed E-state index contributed by atoms with van der Waals surface area (Å²) in [6.07, 6.45) is 3.64.